The fourth-order valence-electron chi connectivity index (χ4n) is 2.04. The molecule has 0 saturated heterocycles. The van der Waals surface area contributed by atoms with Crippen molar-refractivity contribution in [3.8, 4) is 11.4 Å². The van der Waals surface area contributed by atoms with Crippen molar-refractivity contribution in [2.24, 2.45) is 5.92 Å². The third kappa shape index (κ3) is 3.28. The number of aromatic nitrogens is 2. The average molecular weight is 260 g/mol. The Labute approximate surface area is 113 Å². The summed E-state index contributed by atoms with van der Waals surface area (Å²) in [5.74, 6) is 1.33. The van der Waals surface area contributed by atoms with E-state index in [0.29, 0.717) is 12.5 Å². The smallest absolute Gasteiger partial charge is 0.271 e. The summed E-state index contributed by atoms with van der Waals surface area (Å²) in [4.78, 5) is 11.9. The minimum absolute atomic E-state index is 0.0280. The first-order chi connectivity index (χ1) is 9.10. The highest BCUT2D eigenvalue weighted by Gasteiger charge is 2.06. The van der Waals surface area contributed by atoms with E-state index in [1.807, 2.05) is 31.2 Å². The summed E-state index contributed by atoms with van der Waals surface area (Å²) >= 11 is 0. The molecule has 1 aromatic carbocycles. The SMILES string of the molecule is CCOc1ccc(-n2[nH]c(CC(C)C)cc2=O)cc1. The summed E-state index contributed by atoms with van der Waals surface area (Å²) in [5, 5.41) is 3.14. The lowest BCUT2D eigenvalue weighted by molar-refractivity contribution is 0.340. The Morgan fingerprint density at radius 1 is 1.26 bits per heavy atom. The molecule has 0 saturated carbocycles. The summed E-state index contributed by atoms with van der Waals surface area (Å²) in [5.41, 5.74) is 1.76. The van der Waals surface area contributed by atoms with Crippen molar-refractivity contribution >= 4 is 0 Å². The van der Waals surface area contributed by atoms with Gasteiger partial charge in [0, 0.05) is 11.8 Å². The molecule has 1 N–H and O–H groups in total. The molecule has 0 aliphatic carbocycles. The quantitative estimate of drug-likeness (QED) is 0.898. The Balaban J connectivity index is 2.26. The van der Waals surface area contributed by atoms with Gasteiger partial charge >= 0.3 is 0 Å². The summed E-state index contributed by atoms with van der Waals surface area (Å²) in [7, 11) is 0. The lowest BCUT2D eigenvalue weighted by Gasteiger charge is -2.06. The van der Waals surface area contributed by atoms with E-state index >= 15 is 0 Å². The molecule has 0 aliphatic rings. The molecule has 2 rings (SSSR count). The van der Waals surface area contributed by atoms with Crippen molar-refractivity contribution in [1.82, 2.24) is 9.78 Å². The van der Waals surface area contributed by atoms with Gasteiger partial charge in [-0.15, -0.1) is 0 Å². The standard InChI is InChI=1S/C15H20N2O2/c1-4-19-14-7-5-13(6-8-14)17-15(18)10-12(16-17)9-11(2)3/h5-8,10-11,16H,4,9H2,1-3H3. The van der Waals surface area contributed by atoms with Crippen LogP contribution in [0.5, 0.6) is 5.75 Å². The van der Waals surface area contributed by atoms with E-state index in [9.17, 15) is 4.79 Å². The molecule has 2 aromatic rings. The number of hydrogen-bond acceptors (Lipinski definition) is 2. The first-order valence-electron chi connectivity index (χ1n) is 6.64. The van der Waals surface area contributed by atoms with Crippen LogP contribution in [0.15, 0.2) is 35.1 Å². The van der Waals surface area contributed by atoms with E-state index in [2.05, 4.69) is 18.9 Å². The monoisotopic (exact) mass is 260 g/mol. The molecular weight excluding hydrogens is 240 g/mol. The third-order valence-corrected chi connectivity index (χ3v) is 2.81. The number of benzene rings is 1. The van der Waals surface area contributed by atoms with Crippen molar-refractivity contribution in [2.75, 3.05) is 6.61 Å². The van der Waals surface area contributed by atoms with Gasteiger partial charge in [0.2, 0.25) is 0 Å². The molecule has 0 radical (unpaired) electrons. The summed E-state index contributed by atoms with van der Waals surface area (Å²) in [6.45, 7) is 6.85. The number of nitrogens with zero attached hydrogens (tertiary/aromatic N) is 1. The zero-order chi connectivity index (χ0) is 13.8. The Hall–Kier alpha value is -1.97. The molecule has 4 nitrogen and oxygen atoms in total. The second kappa shape index (κ2) is 5.78. The molecule has 1 heterocycles. The predicted molar refractivity (Wildman–Crippen MR) is 76.1 cm³/mol. The van der Waals surface area contributed by atoms with Gasteiger partial charge in [-0.3, -0.25) is 9.89 Å². The highest BCUT2D eigenvalue weighted by Crippen LogP contribution is 2.14. The van der Waals surface area contributed by atoms with Gasteiger partial charge < -0.3 is 4.74 Å². The molecule has 0 aliphatic heterocycles. The second-order valence-electron chi connectivity index (χ2n) is 4.98. The maximum atomic E-state index is 11.9. The predicted octanol–water partition coefficient (Wildman–Crippen LogP) is 2.76. The largest absolute Gasteiger partial charge is 0.494 e. The minimum atomic E-state index is -0.0280. The van der Waals surface area contributed by atoms with Gasteiger partial charge in [0.15, 0.2) is 0 Å². The highest BCUT2D eigenvalue weighted by atomic mass is 16.5. The van der Waals surface area contributed by atoms with Gasteiger partial charge in [-0.05, 0) is 43.5 Å². The lowest BCUT2D eigenvalue weighted by atomic mass is 10.1. The Morgan fingerprint density at radius 3 is 2.53 bits per heavy atom. The van der Waals surface area contributed by atoms with Crippen molar-refractivity contribution < 1.29 is 4.74 Å². The lowest BCUT2D eigenvalue weighted by Crippen LogP contribution is -2.13. The molecule has 0 atom stereocenters. The number of H-pyrrole nitrogens is 1. The highest BCUT2D eigenvalue weighted by molar-refractivity contribution is 5.36. The fraction of sp³-hybridized carbons (Fsp3) is 0.400. The van der Waals surface area contributed by atoms with Gasteiger partial charge in [-0.2, -0.15) is 0 Å². The molecule has 0 spiro atoms. The first kappa shape index (κ1) is 13.5. The zero-order valence-corrected chi connectivity index (χ0v) is 11.6. The van der Waals surface area contributed by atoms with Crippen LogP contribution >= 0.6 is 0 Å². The van der Waals surface area contributed by atoms with E-state index in [1.165, 1.54) is 0 Å². The molecule has 0 amide bonds. The van der Waals surface area contributed by atoms with Crippen molar-refractivity contribution in [3.63, 3.8) is 0 Å². The van der Waals surface area contributed by atoms with E-state index < -0.39 is 0 Å². The molecule has 19 heavy (non-hydrogen) atoms. The third-order valence-electron chi connectivity index (χ3n) is 2.81. The fourth-order valence-corrected chi connectivity index (χ4v) is 2.04. The van der Waals surface area contributed by atoms with Crippen LogP contribution in [0, 0.1) is 5.92 Å². The van der Waals surface area contributed by atoms with Gasteiger partial charge in [0.05, 0.1) is 12.3 Å². The normalized spacial score (nSPS) is 10.9. The first-order valence-corrected chi connectivity index (χ1v) is 6.64. The number of rotatable bonds is 5. The van der Waals surface area contributed by atoms with E-state index in [0.717, 1.165) is 23.6 Å². The zero-order valence-electron chi connectivity index (χ0n) is 11.6. The number of hydrogen-bond donors (Lipinski definition) is 1. The molecule has 102 valence electrons. The van der Waals surface area contributed by atoms with Crippen LogP contribution in [0.3, 0.4) is 0 Å². The van der Waals surface area contributed by atoms with Crippen LogP contribution < -0.4 is 10.3 Å². The average Bonchev–Trinajstić information content (AvgIpc) is 2.71. The van der Waals surface area contributed by atoms with Crippen LogP contribution in [0.2, 0.25) is 0 Å². The molecule has 0 unspecified atom stereocenters. The molecular formula is C15H20N2O2. The van der Waals surface area contributed by atoms with E-state index in [4.69, 9.17) is 4.74 Å². The summed E-state index contributed by atoms with van der Waals surface area (Å²) in [6, 6.07) is 9.16. The molecule has 0 bridgehead atoms. The van der Waals surface area contributed by atoms with Crippen LogP contribution in [0.1, 0.15) is 26.5 Å². The van der Waals surface area contributed by atoms with Crippen molar-refractivity contribution in [1.29, 1.82) is 0 Å². The number of nitrogens with one attached hydrogen (secondary N) is 1. The minimum Gasteiger partial charge on any atom is -0.494 e. The van der Waals surface area contributed by atoms with Crippen LogP contribution in [0.25, 0.3) is 5.69 Å². The molecule has 0 fully saturated rings. The van der Waals surface area contributed by atoms with E-state index in [-0.39, 0.29) is 5.56 Å². The van der Waals surface area contributed by atoms with Gasteiger partial charge in [0.25, 0.3) is 5.56 Å². The van der Waals surface area contributed by atoms with Crippen LogP contribution in [-0.2, 0) is 6.42 Å². The van der Waals surface area contributed by atoms with E-state index in [1.54, 1.807) is 10.7 Å². The number of aromatic amines is 1. The summed E-state index contributed by atoms with van der Waals surface area (Å²) in [6.07, 6.45) is 0.874. The van der Waals surface area contributed by atoms with Gasteiger partial charge in [-0.25, -0.2) is 4.68 Å². The summed E-state index contributed by atoms with van der Waals surface area (Å²) < 4.78 is 6.95. The second-order valence-corrected chi connectivity index (χ2v) is 4.98. The Morgan fingerprint density at radius 2 is 1.95 bits per heavy atom. The van der Waals surface area contributed by atoms with Gasteiger partial charge in [-0.1, -0.05) is 13.8 Å². The molecule has 4 heteroatoms. The maximum absolute atomic E-state index is 11.9. The van der Waals surface area contributed by atoms with Gasteiger partial charge in [0.1, 0.15) is 5.75 Å². The Bertz CT molecular complexity index is 579. The van der Waals surface area contributed by atoms with Crippen molar-refractivity contribution in [3.05, 3.63) is 46.4 Å². The maximum Gasteiger partial charge on any atom is 0.271 e. The van der Waals surface area contributed by atoms with Crippen LogP contribution in [0.4, 0.5) is 0 Å². The topological polar surface area (TPSA) is 47.0 Å². The number of ether oxygens (including phenoxy) is 1. The van der Waals surface area contributed by atoms with Crippen LogP contribution in [-0.4, -0.2) is 16.4 Å². The van der Waals surface area contributed by atoms with Crippen molar-refractivity contribution in [2.45, 2.75) is 27.2 Å². The molecule has 1 aromatic heterocycles. The Kier molecular flexibility index (Phi) is 4.10.